The van der Waals surface area contributed by atoms with E-state index in [1.165, 1.54) is 0 Å². The van der Waals surface area contributed by atoms with Crippen molar-refractivity contribution in [3.05, 3.63) is 99.6 Å². The first-order chi connectivity index (χ1) is 13.7. The van der Waals surface area contributed by atoms with Gasteiger partial charge in [0.05, 0.1) is 23.7 Å². The number of ether oxygens (including phenoxy) is 1. The summed E-state index contributed by atoms with van der Waals surface area (Å²) in [6.07, 6.45) is 3.66. The number of para-hydroxylation sites is 1. The fourth-order valence-corrected chi connectivity index (χ4v) is 3.22. The molecule has 0 aliphatic carbocycles. The SMILES string of the molecule is COc1ccc(-n2c(/C=C\c3ccccc3Cl)nc3ccccc3c2=O)cc1. The van der Waals surface area contributed by atoms with Crippen LogP contribution in [0.4, 0.5) is 0 Å². The second kappa shape index (κ2) is 7.71. The van der Waals surface area contributed by atoms with Gasteiger partial charge in [0.2, 0.25) is 0 Å². The molecule has 0 amide bonds. The molecule has 138 valence electrons. The Bertz CT molecular complexity index is 1230. The number of halogens is 1. The minimum atomic E-state index is -0.130. The number of nitrogens with zero attached hydrogens (tertiary/aromatic N) is 2. The number of hydrogen-bond acceptors (Lipinski definition) is 3. The summed E-state index contributed by atoms with van der Waals surface area (Å²) in [5.74, 6) is 1.24. The van der Waals surface area contributed by atoms with Gasteiger partial charge >= 0.3 is 0 Å². The molecular weight excluding hydrogens is 372 g/mol. The molecule has 0 radical (unpaired) electrons. The van der Waals surface area contributed by atoms with E-state index >= 15 is 0 Å². The third kappa shape index (κ3) is 3.42. The molecule has 3 aromatic carbocycles. The van der Waals surface area contributed by atoms with Gasteiger partial charge in [0.25, 0.3) is 5.56 Å². The van der Waals surface area contributed by atoms with Crippen molar-refractivity contribution in [1.29, 1.82) is 0 Å². The topological polar surface area (TPSA) is 44.1 Å². The van der Waals surface area contributed by atoms with Crippen molar-refractivity contribution in [3.63, 3.8) is 0 Å². The summed E-state index contributed by atoms with van der Waals surface area (Å²) >= 11 is 6.25. The lowest BCUT2D eigenvalue weighted by Crippen LogP contribution is -2.22. The number of rotatable bonds is 4. The van der Waals surface area contributed by atoms with E-state index in [2.05, 4.69) is 0 Å². The lowest BCUT2D eigenvalue weighted by molar-refractivity contribution is 0.414. The number of hydrogen-bond donors (Lipinski definition) is 0. The lowest BCUT2D eigenvalue weighted by atomic mass is 10.2. The second-order valence-corrected chi connectivity index (χ2v) is 6.59. The Morgan fingerprint density at radius 3 is 2.39 bits per heavy atom. The van der Waals surface area contributed by atoms with Gasteiger partial charge in [-0.15, -0.1) is 0 Å². The van der Waals surface area contributed by atoms with Crippen LogP contribution in [-0.2, 0) is 0 Å². The molecule has 0 aliphatic heterocycles. The fourth-order valence-electron chi connectivity index (χ4n) is 3.02. The first kappa shape index (κ1) is 18.0. The van der Waals surface area contributed by atoms with Crippen molar-refractivity contribution in [1.82, 2.24) is 9.55 Å². The van der Waals surface area contributed by atoms with Crippen molar-refractivity contribution in [2.45, 2.75) is 0 Å². The average molecular weight is 389 g/mol. The van der Waals surface area contributed by atoms with Crippen LogP contribution in [0.25, 0.3) is 28.7 Å². The Labute approximate surface area is 167 Å². The first-order valence-corrected chi connectivity index (χ1v) is 9.14. The second-order valence-electron chi connectivity index (χ2n) is 6.18. The van der Waals surface area contributed by atoms with E-state index in [1.807, 2.05) is 72.8 Å². The van der Waals surface area contributed by atoms with Crippen molar-refractivity contribution in [3.8, 4) is 11.4 Å². The molecule has 4 nitrogen and oxygen atoms in total. The van der Waals surface area contributed by atoms with Gasteiger partial charge in [-0.2, -0.15) is 0 Å². The van der Waals surface area contributed by atoms with Crippen LogP contribution in [0.3, 0.4) is 0 Å². The Balaban J connectivity index is 1.93. The number of fused-ring (bicyclic) bond motifs is 1. The summed E-state index contributed by atoms with van der Waals surface area (Å²) in [5.41, 5.74) is 2.08. The number of aromatic nitrogens is 2. The van der Waals surface area contributed by atoms with Crippen LogP contribution in [-0.4, -0.2) is 16.7 Å². The monoisotopic (exact) mass is 388 g/mol. The summed E-state index contributed by atoms with van der Waals surface area (Å²) in [4.78, 5) is 17.9. The smallest absolute Gasteiger partial charge is 0.266 e. The van der Waals surface area contributed by atoms with Gasteiger partial charge in [-0.3, -0.25) is 9.36 Å². The zero-order valence-corrected chi connectivity index (χ0v) is 15.9. The van der Waals surface area contributed by atoms with Gasteiger partial charge in [0.15, 0.2) is 0 Å². The van der Waals surface area contributed by atoms with Crippen LogP contribution >= 0.6 is 11.6 Å². The van der Waals surface area contributed by atoms with Crippen LogP contribution in [0.2, 0.25) is 5.02 Å². The standard InChI is InChI=1S/C23H17ClN2O2/c1-28-18-13-11-17(12-14-18)26-22(15-10-16-6-2-4-8-20(16)24)25-21-9-5-3-7-19(21)23(26)27/h2-15H,1H3/b15-10-. The van der Waals surface area contributed by atoms with Crippen LogP contribution < -0.4 is 10.3 Å². The average Bonchev–Trinajstić information content (AvgIpc) is 2.73. The Morgan fingerprint density at radius 2 is 1.64 bits per heavy atom. The molecule has 0 spiro atoms. The van der Waals surface area contributed by atoms with E-state index < -0.39 is 0 Å². The van der Waals surface area contributed by atoms with Crippen LogP contribution in [0, 0.1) is 0 Å². The highest BCUT2D eigenvalue weighted by atomic mass is 35.5. The Kier molecular flexibility index (Phi) is 4.96. The third-order valence-electron chi connectivity index (χ3n) is 4.45. The maximum Gasteiger partial charge on any atom is 0.266 e. The van der Waals surface area contributed by atoms with Gasteiger partial charge < -0.3 is 4.74 Å². The molecule has 0 saturated heterocycles. The molecule has 0 saturated carbocycles. The molecule has 0 N–H and O–H groups in total. The molecule has 0 fully saturated rings. The quantitative estimate of drug-likeness (QED) is 0.481. The van der Waals surface area contributed by atoms with Crippen LogP contribution in [0.1, 0.15) is 11.4 Å². The summed E-state index contributed by atoms with van der Waals surface area (Å²) in [7, 11) is 1.61. The van der Waals surface area contributed by atoms with Crippen molar-refractivity contribution >= 4 is 34.7 Å². The predicted octanol–water partition coefficient (Wildman–Crippen LogP) is 5.22. The van der Waals surface area contributed by atoms with Gasteiger partial charge in [-0.1, -0.05) is 41.9 Å². The highest BCUT2D eigenvalue weighted by Gasteiger charge is 2.11. The molecule has 1 aromatic heterocycles. The van der Waals surface area contributed by atoms with E-state index in [1.54, 1.807) is 23.8 Å². The molecular formula is C23H17ClN2O2. The fraction of sp³-hybridized carbons (Fsp3) is 0.0435. The molecule has 28 heavy (non-hydrogen) atoms. The van der Waals surface area contributed by atoms with Gasteiger partial charge in [0.1, 0.15) is 11.6 Å². The summed E-state index contributed by atoms with van der Waals surface area (Å²) in [6.45, 7) is 0. The Morgan fingerprint density at radius 1 is 0.929 bits per heavy atom. The minimum Gasteiger partial charge on any atom is -0.497 e. The van der Waals surface area contributed by atoms with Gasteiger partial charge in [-0.25, -0.2) is 4.98 Å². The predicted molar refractivity (Wildman–Crippen MR) is 114 cm³/mol. The molecule has 0 atom stereocenters. The highest BCUT2D eigenvalue weighted by Crippen LogP contribution is 2.20. The lowest BCUT2D eigenvalue weighted by Gasteiger charge is -2.12. The highest BCUT2D eigenvalue weighted by molar-refractivity contribution is 6.32. The van der Waals surface area contributed by atoms with Gasteiger partial charge in [0, 0.05) is 5.02 Å². The zero-order valence-electron chi connectivity index (χ0n) is 15.2. The van der Waals surface area contributed by atoms with Crippen LogP contribution in [0.15, 0.2) is 77.6 Å². The molecule has 5 heteroatoms. The molecule has 0 aliphatic rings. The van der Waals surface area contributed by atoms with Crippen molar-refractivity contribution in [2.24, 2.45) is 0 Å². The van der Waals surface area contributed by atoms with Crippen molar-refractivity contribution < 1.29 is 4.74 Å². The maximum atomic E-state index is 13.2. The third-order valence-corrected chi connectivity index (χ3v) is 4.79. The summed E-state index contributed by atoms with van der Waals surface area (Å²) in [5, 5.41) is 1.20. The first-order valence-electron chi connectivity index (χ1n) is 8.76. The van der Waals surface area contributed by atoms with E-state index in [0.29, 0.717) is 27.4 Å². The summed E-state index contributed by atoms with van der Waals surface area (Å²) < 4.78 is 6.81. The molecule has 4 aromatic rings. The largest absolute Gasteiger partial charge is 0.497 e. The van der Waals surface area contributed by atoms with E-state index in [0.717, 1.165) is 11.3 Å². The number of methoxy groups -OCH3 is 1. The van der Waals surface area contributed by atoms with Gasteiger partial charge in [-0.05, 0) is 60.2 Å². The molecule has 0 unspecified atom stereocenters. The molecule has 1 heterocycles. The van der Waals surface area contributed by atoms with E-state index in [4.69, 9.17) is 21.3 Å². The Hall–Kier alpha value is -3.37. The molecule has 4 rings (SSSR count). The van der Waals surface area contributed by atoms with E-state index in [9.17, 15) is 4.79 Å². The maximum absolute atomic E-state index is 13.2. The normalized spacial score (nSPS) is 11.2. The number of benzene rings is 3. The minimum absolute atomic E-state index is 0.130. The molecule has 0 bridgehead atoms. The van der Waals surface area contributed by atoms with E-state index in [-0.39, 0.29) is 5.56 Å². The van der Waals surface area contributed by atoms with Crippen molar-refractivity contribution in [2.75, 3.05) is 7.11 Å². The van der Waals surface area contributed by atoms with Crippen LogP contribution in [0.5, 0.6) is 5.75 Å². The summed E-state index contributed by atoms with van der Waals surface area (Å²) in [6, 6.07) is 22.2. The zero-order chi connectivity index (χ0) is 19.5.